The van der Waals surface area contributed by atoms with Crippen molar-refractivity contribution in [3.63, 3.8) is 0 Å². The Kier molecular flexibility index (Phi) is 6.61. The Hall–Kier alpha value is -3.91. The number of halogens is 3. The van der Waals surface area contributed by atoms with E-state index in [2.05, 4.69) is 0 Å². The number of alkyl halides is 3. The van der Waals surface area contributed by atoms with Gasteiger partial charge in [0.2, 0.25) is 5.91 Å². The van der Waals surface area contributed by atoms with Crippen molar-refractivity contribution in [3.8, 4) is 0 Å². The number of amides is 2. The monoisotopic (exact) mass is 519 g/mol. The largest absolute Gasteiger partial charge is 0.416 e. The molecule has 0 aromatic heterocycles. The maximum Gasteiger partial charge on any atom is 0.416 e. The lowest BCUT2D eigenvalue weighted by Gasteiger charge is -2.25. The van der Waals surface area contributed by atoms with Gasteiger partial charge in [-0.1, -0.05) is 55.3 Å². The van der Waals surface area contributed by atoms with Crippen LogP contribution in [0.15, 0.2) is 66.7 Å². The first-order valence-corrected chi connectivity index (χ1v) is 12.6. The van der Waals surface area contributed by atoms with Crippen LogP contribution in [0, 0.1) is 19.8 Å². The van der Waals surface area contributed by atoms with E-state index in [0.717, 1.165) is 41.1 Å². The Morgan fingerprint density at radius 1 is 0.947 bits per heavy atom. The van der Waals surface area contributed by atoms with Crippen molar-refractivity contribution in [1.82, 2.24) is 5.01 Å². The first-order chi connectivity index (χ1) is 18.1. The van der Waals surface area contributed by atoms with Crippen LogP contribution >= 0.6 is 0 Å². The zero-order valence-electron chi connectivity index (χ0n) is 21.2. The number of carbonyl (C=O) groups excluding carboxylic acids is 2. The number of nitrogens with two attached hydrogens (primary N) is 1. The fraction of sp³-hybridized carbons (Fsp3) is 0.267. The van der Waals surface area contributed by atoms with Crippen LogP contribution in [0.3, 0.4) is 0 Å². The number of benzene rings is 3. The Morgan fingerprint density at radius 2 is 1.58 bits per heavy atom. The summed E-state index contributed by atoms with van der Waals surface area (Å²) in [5.74, 6) is 5.36. The molecule has 2 N–H and O–H groups in total. The predicted octanol–water partition coefficient (Wildman–Crippen LogP) is 6.76. The summed E-state index contributed by atoms with van der Waals surface area (Å²) >= 11 is 0. The minimum absolute atomic E-state index is 0.0907. The van der Waals surface area contributed by atoms with Gasteiger partial charge in [0.05, 0.1) is 22.5 Å². The number of hydrazine groups is 1. The zero-order chi connectivity index (χ0) is 27.2. The van der Waals surface area contributed by atoms with E-state index >= 15 is 0 Å². The molecule has 1 aliphatic carbocycles. The second-order valence-corrected chi connectivity index (χ2v) is 10.00. The molecule has 196 valence electrons. The summed E-state index contributed by atoms with van der Waals surface area (Å²) in [5.41, 5.74) is 2.48. The van der Waals surface area contributed by atoms with Crippen LogP contribution in [0.25, 0.3) is 11.3 Å². The molecule has 2 amide bonds. The highest BCUT2D eigenvalue weighted by Gasteiger charge is 2.41. The molecule has 0 bridgehead atoms. The summed E-state index contributed by atoms with van der Waals surface area (Å²) in [4.78, 5) is 28.9. The summed E-state index contributed by atoms with van der Waals surface area (Å²) in [6, 6.07) is 17.5. The molecule has 1 aliphatic heterocycles. The average molecular weight is 520 g/mol. The van der Waals surface area contributed by atoms with Crippen molar-refractivity contribution in [2.24, 2.45) is 11.8 Å². The third-order valence-electron chi connectivity index (χ3n) is 7.18. The third kappa shape index (κ3) is 4.60. The normalized spacial score (nSPS) is 17.1. The van der Waals surface area contributed by atoms with E-state index in [-0.39, 0.29) is 34.3 Å². The van der Waals surface area contributed by atoms with Crippen molar-refractivity contribution < 1.29 is 22.8 Å². The molecule has 38 heavy (non-hydrogen) atoms. The Morgan fingerprint density at radius 3 is 2.18 bits per heavy atom. The van der Waals surface area contributed by atoms with Crippen LogP contribution in [-0.4, -0.2) is 16.8 Å². The Bertz CT molecular complexity index is 1420. The molecular formula is C30H28F3N3O2. The highest BCUT2D eigenvalue weighted by atomic mass is 19.4. The summed E-state index contributed by atoms with van der Waals surface area (Å²) in [6.07, 6.45) is -1.34. The van der Waals surface area contributed by atoms with E-state index in [9.17, 15) is 22.8 Å². The van der Waals surface area contributed by atoms with Crippen molar-refractivity contribution in [1.29, 1.82) is 0 Å². The molecule has 5 nitrogen and oxygen atoms in total. The van der Waals surface area contributed by atoms with Gasteiger partial charge >= 0.3 is 6.18 Å². The zero-order valence-corrected chi connectivity index (χ0v) is 21.2. The van der Waals surface area contributed by atoms with Gasteiger partial charge in [0.25, 0.3) is 5.91 Å². The van der Waals surface area contributed by atoms with Gasteiger partial charge in [-0.2, -0.15) is 13.2 Å². The summed E-state index contributed by atoms with van der Waals surface area (Å²) in [7, 11) is 0. The maximum absolute atomic E-state index is 14.2. The lowest BCUT2D eigenvalue weighted by Crippen LogP contribution is -2.40. The van der Waals surface area contributed by atoms with Crippen LogP contribution in [0.1, 0.15) is 53.5 Å². The SMILES string of the molecule is Cc1cc(C)cc(N2C(=O)/C(=C(/c3ccccc3)N(N)C(=O)C3CCCC3)c3ccc(C(F)(F)F)cc32)c1. The highest BCUT2D eigenvalue weighted by molar-refractivity contribution is 6.40. The number of nitrogens with zero attached hydrogens (tertiary/aromatic N) is 2. The molecule has 3 aromatic rings. The number of carbonyl (C=O) groups is 2. The number of hydrogen-bond acceptors (Lipinski definition) is 3. The average Bonchev–Trinajstić information content (AvgIpc) is 3.50. The van der Waals surface area contributed by atoms with Crippen LogP contribution in [-0.2, 0) is 15.8 Å². The Balaban J connectivity index is 1.78. The van der Waals surface area contributed by atoms with Crippen LogP contribution < -0.4 is 10.7 Å². The van der Waals surface area contributed by atoms with Gasteiger partial charge in [-0.3, -0.25) is 14.5 Å². The first-order valence-electron chi connectivity index (χ1n) is 12.6. The van der Waals surface area contributed by atoms with Gasteiger partial charge in [0, 0.05) is 22.7 Å². The topological polar surface area (TPSA) is 66.6 Å². The summed E-state index contributed by atoms with van der Waals surface area (Å²) in [6.45, 7) is 3.72. The maximum atomic E-state index is 14.2. The molecule has 0 radical (unpaired) electrons. The lowest BCUT2D eigenvalue weighted by molar-refractivity contribution is -0.137. The number of rotatable bonds is 4. The second-order valence-electron chi connectivity index (χ2n) is 10.00. The first kappa shape index (κ1) is 25.7. The van der Waals surface area contributed by atoms with Crippen LogP contribution in [0.4, 0.5) is 24.5 Å². The minimum atomic E-state index is -4.60. The molecule has 1 saturated carbocycles. The van der Waals surface area contributed by atoms with E-state index in [0.29, 0.717) is 24.1 Å². The molecule has 0 saturated heterocycles. The molecule has 3 aromatic carbocycles. The van der Waals surface area contributed by atoms with Gasteiger partial charge in [-0.15, -0.1) is 0 Å². The standard InChI is InChI=1S/C30H28F3N3O2/c1-18-14-19(2)16-23(15-18)35-25-17-22(30(31,32)33)12-13-24(25)26(29(35)38)27(20-8-4-3-5-9-20)36(34)28(37)21-10-6-7-11-21/h3-5,8-9,12-17,21H,6-7,10-11,34H2,1-2H3/b27-26-. The third-order valence-corrected chi connectivity index (χ3v) is 7.18. The summed E-state index contributed by atoms with van der Waals surface area (Å²) < 4.78 is 41.3. The molecule has 2 aliphatic rings. The fourth-order valence-corrected chi connectivity index (χ4v) is 5.49. The van der Waals surface area contributed by atoms with Crippen LogP contribution in [0.2, 0.25) is 0 Å². The van der Waals surface area contributed by atoms with Gasteiger partial charge in [-0.25, -0.2) is 10.9 Å². The van der Waals surface area contributed by atoms with E-state index < -0.39 is 17.6 Å². The highest BCUT2D eigenvalue weighted by Crippen LogP contribution is 2.47. The van der Waals surface area contributed by atoms with Crippen LogP contribution in [0.5, 0.6) is 0 Å². The molecule has 1 fully saturated rings. The second kappa shape index (κ2) is 9.76. The molecule has 8 heteroatoms. The van der Waals surface area contributed by atoms with E-state index in [1.165, 1.54) is 11.0 Å². The fourth-order valence-electron chi connectivity index (χ4n) is 5.49. The van der Waals surface area contributed by atoms with Crippen molar-refractivity contribution in [2.75, 3.05) is 4.90 Å². The number of hydrogen-bond donors (Lipinski definition) is 1. The Labute approximate surface area is 219 Å². The quantitative estimate of drug-likeness (QED) is 0.179. The van der Waals surface area contributed by atoms with Crippen molar-refractivity contribution in [3.05, 3.63) is 94.5 Å². The number of aryl methyl sites for hydroxylation is 2. The van der Waals surface area contributed by atoms with Crippen molar-refractivity contribution >= 4 is 34.5 Å². The van der Waals surface area contributed by atoms with Crippen molar-refractivity contribution in [2.45, 2.75) is 45.7 Å². The molecule has 1 heterocycles. The van der Waals surface area contributed by atoms with E-state index in [4.69, 9.17) is 5.84 Å². The molecule has 5 rings (SSSR count). The van der Waals surface area contributed by atoms with Gasteiger partial charge in [0.15, 0.2) is 0 Å². The predicted molar refractivity (Wildman–Crippen MR) is 141 cm³/mol. The van der Waals surface area contributed by atoms with Gasteiger partial charge in [0.1, 0.15) is 0 Å². The molecular weight excluding hydrogens is 491 g/mol. The van der Waals surface area contributed by atoms with E-state index in [1.54, 1.807) is 42.5 Å². The minimum Gasteiger partial charge on any atom is -0.276 e. The molecule has 0 atom stereocenters. The number of fused-ring (bicyclic) bond motifs is 1. The summed E-state index contributed by atoms with van der Waals surface area (Å²) in [5, 5.41) is 1.03. The smallest absolute Gasteiger partial charge is 0.276 e. The van der Waals surface area contributed by atoms with Gasteiger partial charge < -0.3 is 0 Å². The molecule has 0 unspecified atom stereocenters. The van der Waals surface area contributed by atoms with E-state index in [1.807, 2.05) is 19.9 Å². The molecule has 0 spiro atoms. The lowest BCUT2D eigenvalue weighted by atomic mass is 9.97. The van der Waals surface area contributed by atoms with Gasteiger partial charge in [-0.05, 0) is 62.1 Å². The number of anilines is 2.